The van der Waals surface area contributed by atoms with E-state index in [0.717, 1.165) is 11.1 Å². The molecule has 2 rings (SSSR count). The average Bonchev–Trinajstić information content (AvgIpc) is 2.60. The van der Waals surface area contributed by atoms with Crippen LogP contribution in [0.5, 0.6) is 0 Å². The zero-order valence-electron chi connectivity index (χ0n) is 14.7. The van der Waals surface area contributed by atoms with Crippen LogP contribution in [0.15, 0.2) is 48.5 Å². The van der Waals surface area contributed by atoms with Crippen molar-refractivity contribution < 1.29 is 17.9 Å². The molecule has 0 aliphatic heterocycles. The van der Waals surface area contributed by atoms with Crippen LogP contribution >= 0.6 is 0 Å². The van der Waals surface area contributed by atoms with Crippen LogP contribution in [0.1, 0.15) is 46.4 Å². The summed E-state index contributed by atoms with van der Waals surface area (Å²) in [6, 6.07) is 13.9. The fourth-order valence-corrected chi connectivity index (χ4v) is 3.97. The van der Waals surface area contributed by atoms with Crippen molar-refractivity contribution >= 4 is 16.0 Å². The van der Waals surface area contributed by atoms with Crippen molar-refractivity contribution in [3.8, 4) is 0 Å². The van der Waals surface area contributed by atoms with Gasteiger partial charge in [-0.3, -0.25) is 0 Å². The number of nitrogens with one attached hydrogen (secondary N) is 1. The fraction of sp³-hybridized carbons (Fsp3) is 0.316. The van der Waals surface area contributed by atoms with Crippen LogP contribution in [0.2, 0.25) is 0 Å². The molecule has 0 aliphatic carbocycles. The zero-order chi connectivity index (χ0) is 18.4. The van der Waals surface area contributed by atoms with Gasteiger partial charge in [0.1, 0.15) is 0 Å². The van der Waals surface area contributed by atoms with Gasteiger partial charge in [-0.05, 0) is 36.6 Å². The molecule has 0 aromatic heterocycles. The Morgan fingerprint density at radius 2 is 1.68 bits per heavy atom. The number of hydrogen-bond acceptors (Lipinski definition) is 4. The lowest BCUT2D eigenvalue weighted by Gasteiger charge is -2.18. The summed E-state index contributed by atoms with van der Waals surface area (Å²) in [4.78, 5) is 11.4. The van der Waals surface area contributed by atoms with Gasteiger partial charge in [-0.2, -0.15) is 0 Å². The molecule has 6 heteroatoms. The molecule has 134 valence electrons. The van der Waals surface area contributed by atoms with E-state index in [4.69, 9.17) is 0 Å². The van der Waals surface area contributed by atoms with Crippen molar-refractivity contribution in [1.82, 2.24) is 4.72 Å². The molecule has 0 spiro atoms. The van der Waals surface area contributed by atoms with E-state index >= 15 is 0 Å². The summed E-state index contributed by atoms with van der Waals surface area (Å²) in [6.45, 7) is 3.94. The smallest absolute Gasteiger partial charge is 0.337 e. The second-order valence-electron chi connectivity index (χ2n) is 5.94. The molecular formula is C19H23NO4S. The molecule has 0 aliphatic rings. The second-order valence-corrected chi connectivity index (χ2v) is 7.69. The highest BCUT2D eigenvalue weighted by Gasteiger charge is 2.19. The summed E-state index contributed by atoms with van der Waals surface area (Å²) in [5.41, 5.74) is 3.08. The number of rotatable bonds is 7. The highest BCUT2D eigenvalue weighted by atomic mass is 32.2. The minimum absolute atomic E-state index is 0.142. The molecular weight excluding hydrogens is 338 g/mol. The first-order valence-corrected chi connectivity index (χ1v) is 9.73. The standard InChI is InChI=1S/C19H23NO4S/c1-4-18(16-9-5-14(2)6-10-16)20-25(22,23)13-15-7-11-17(12-8-15)19(21)24-3/h5-12,18,20H,4,13H2,1-3H3/t18-/m1/s1. The van der Waals surface area contributed by atoms with Crippen LogP contribution in [0.4, 0.5) is 0 Å². The summed E-state index contributed by atoms with van der Waals surface area (Å²) >= 11 is 0. The highest BCUT2D eigenvalue weighted by Crippen LogP contribution is 2.19. The number of aryl methyl sites for hydroxylation is 1. The third-order valence-corrected chi connectivity index (χ3v) is 5.30. The predicted molar refractivity (Wildman–Crippen MR) is 97.8 cm³/mol. The van der Waals surface area contributed by atoms with Crippen LogP contribution in [-0.2, 0) is 20.5 Å². The van der Waals surface area contributed by atoms with Gasteiger partial charge in [0.2, 0.25) is 10.0 Å². The predicted octanol–water partition coefficient (Wildman–Crippen LogP) is 3.35. The van der Waals surface area contributed by atoms with E-state index in [9.17, 15) is 13.2 Å². The van der Waals surface area contributed by atoms with Gasteiger partial charge in [0.25, 0.3) is 0 Å². The van der Waals surface area contributed by atoms with E-state index in [1.807, 2.05) is 38.1 Å². The van der Waals surface area contributed by atoms with E-state index in [0.29, 0.717) is 17.5 Å². The van der Waals surface area contributed by atoms with Crippen molar-refractivity contribution in [2.45, 2.75) is 32.1 Å². The summed E-state index contributed by atoms with van der Waals surface area (Å²) in [5, 5.41) is 0. The number of carbonyl (C=O) groups excluding carboxylic acids is 1. The van der Waals surface area contributed by atoms with Crippen molar-refractivity contribution in [1.29, 1.82) is 0 Å². The Balaban J connectivity index is 2.09. The minimum atomic E-state index is -3.51. The van der Waals surface area contributed by atoms with Crippen molar-refractivity contribution in [3.63, 3.8) is 0 Å². The van der Waals surface area contributed by atoms with E-state index in [1.165, 1.54) is 7.11 Å². The molecule has 2 aromatic carbocycles. The third-order valence-electron chi connectivity index (χ3n) is 3.94. The van der Waals surface area contributed by atoms with Gasteiger partial charge in [-0.15, -0.1) is 0 Å². The number of hydrogen-bond donors (Lipinski definition) is 1. The van der Waals surface area contributed by atoms with Gasteiger partial charge in [-0.25, -0.2) is 17.9 Å². The Kier molecular flexibility index (Phi) is 6.33. The van der Waals surface area contributed by atoms with E-state index in [1.54, 1.807) is 24.3 Å². The largest absolute Gasteiger partial charge is 0.465 e. The SMILES string of the molecule is CC[C@@H](NS(=O)(=O)Cc1ccc(C(=O)OC)cc1)c1ccc(C)cc1. The summed E-state index contributed by atoms with van der Waals surface area (Å²) in [7, 11) is -2.20. The first-order chi connectivity index (χ1) is 11.8. The average molecular weight is 361 g/mol. The molecule has 0 unspecified atom stereocenters. The van der Waals surface area contributed by atoms with E-state index in [2.05, 4.69) is 9.46 Å². The highest BCUT2D eigenvalue weighted by molar-refractivity contribution is 7.88. The van der Waals surface area contributed by atoms with Gasteiger partial charge in [0, 0.05) is 6.04 Å². The number of sulfonamides is 1. The van der Waals surface area contributed by atoms with E-state index < -0.39 is 16.0 Å². The molecule has 2 aromatic rings. The topological polar surface area (TPSA) is 72.5 Å². The van der Waals surface area contributed by atoms with Crippen LogP contribution < -0.4 is 4.72 Å². The Morgan fingerprint density at radius 3 is 2.20 bits per heavy atom. The van der Waals surface area contributed by atoms with Crippen molar-refractivity contribution in [3.05, 3.63) is 70.8 Å². The first kappa shape index (κ1) is 19.1. The molecule has 0 amide bonds. The molecule has 1 atom stereocenters. The number of carbonyl (C=O) groups is 1. The maximum Gasteiger partial charge on any atom is 0.337 e. The maximum atomic E-state index is 12.5. The zero-order valence-corrected chi connectivity index (χ0v) is 15.5. The Hall–Kier alpha value is -2.18. The number of ether oxygens (including phenoxy) is 1. The lowest BCUT2D eigenvalue weighted by atomic mass is 10.0. The molecule has 1 N–H and O–H groups in total. The molecule has 0 bridgehead atoms. The first-order valence-electron chi connectivity index (χ1n) is 8.08. The third kappa shape index (κ3) is 5.41. The van der Waals surface area contributed by atoms with E-state index in [-0.39, 0.29) is 11.8 Å². The molecule has 0 fully saturated rings. The maximum absolute atomic E-state index is 12.5. The molecule has 0 saturated heterocycles. The monoisotopic (exact) mass is 361 g/mol. The lowest BCUT2D eigenvalue weighted by molar-refractivity contribution is 0.0600. The number of methoxy groups -OCH3 is 1. The van der Waals surface area contributed by atoms with Crippen LogP contribution in [0.25, 0.3) is 0 Å². The van der Waals surface area contributed by atoms with Crippen LogP contribution in [-0.4, -0.2) is 21.5 Å². The molecule has 25 heavy (non-hydrogen) atoms. The number of benzene rings is 2. The number of esters is 1. The Bertz CT molecular complexity index is 812. The normalized spacial score (nSPS) is 12.6. The van der Waals surface area contributed by atoms with Gasteiger partial charge in [0.15, 0.2) is 0 Å². The van der Waals surface area contributed by atoms with Crippen LogP contribution in [0, 0.1) is 6.92 Å². The van der Waals surface area contributed by atoms with Gasteiger partial charge >= 0.3 is 5.97 Å². The van der Waals surface area contributed by atoms with Gasteiger partial charge in [-0.1, -0.05) is 48.9 Å². The van der Waals surface area contributed by atoms with Crippen molar-refractivity contribution in [2.24, 2.45) is 0 Å². The Morgan fingerprint density at radius 1 is 1.08 bits per heavy atom. The van der Waals surface area contributed by atoms with Gasteiger partial charge < -0.3 is 4.74 Å². The van der Waals surface area contributed by atoms with Crippen LogP contribution in [0.3, 0.4) is 0 Å². The summed E-state index contributed by atoms with van der Waals surface area (Å²) < 4.78 is 32.4. The van der Waals surface area contributed by atoms with Crippen molar-refractivity contribution in [2.75, 3.05) is 7.11 Å². The summed E-state index contributed by atoms with van der Waals surface area (Å²) in [5.74, 6) is -0.588. The quantitative estimate of drug-likeness (QED) is 0.768. The fourth-order valence-electron chi connectivity index (χ4n) is 2.52. The van der Waals surface area contributed by atoms with Gasteiger partial charge in [0.05, 0.1) is 18.4 Å². The lowest BCUT2D eigenvalue weighted by Crippen LogP contribution is -2.29. The summed E-state index contributed by atoms with van der Waals surface area (Å²) in [6.07, 6.45) is 0.656. The molecule has 5 nitrogen and oxygen atoms in total. The minimum Gasteiger partial charge on any atom is -0.465 e. The molecule has 0 heterocycles. The second kappa shape index (κ2) is 8.27. The molecule has 0 radical (unpaired) electrons. The molecule has 0 saturated carbocycles. The Labute approximate surface area is 149 Å².